The van der Waals surface area contributed by atoms with E-state index < -0.39 is 0 Å². The standard InChI is InChI=1S/C81H147N3O2/c1-7-10-13-16-19-22-25-28-31-36-40-45-50-55-60-65-71-78(72-66-61-56-51-46-41-37-32-29-26-23-20-17-14-11-8-2)82-84(6)77-69-64-59-54-49-44-39-34-33-38-43-48-53-58-63-68-74-80-79(85-81(86-80)75-70-76-83(4)5)73-67-62-57-52-47-42-35-30-27-24-21-18-15-12-9-3/h19-24,28-33,35,38-39,44,79-81H,7-18,25-27,34,36-37,40-43,45-77H2,1-6H3. The lowest BCUT2D eigenvalue weighted by Crippen LogP contribution is -2.22. The molecule has 0 spiro atoms. The molecule has 498 valence electrons. The van der Waals surface area contributed by atoms with E-state index in [1.165, 1.54) is 295 Å². The van der Waals surface area contributed by atoms with Crippen LogP contribution >= 0.6 is 0 Å². The number of rotatable bonds is 66. The highest BCUT2D eigenvalue weighted by atomic mass is 16.7. The van der Waals surface area contributed by atoms with Crippen LogP contribution < -0.4 is 0 Å². The molecule has 1 saturated heterocycles. The van der Waals surface area contributed by atoms with E-state index in [0.29, 0.717) is 0 Å². The van der Waals surface area contributed by atoms with Crippen LogP contribution in [0.3, 0.4) is 0 Å². The van der Waals surface area contributed by atoms with Gasteiger partial charge in [0, 0.05) is 19.3 Å². The molecule has 86 heavy (non-hydrogen) atoms. The van der Waals surface area contributed by atoms with Gasteiger partial charge >= 0.3 is 0 Å². The number of nitrogens with zero attached hydrogens (tertiary/aromatic N) is 3. The fraction of sp³-hybridized carbons (Fsp3) is 0.790. The van der Waals surface area contributed by atoms with Gasteiger partial charge in [0.1, 0.15) is 0 Å². The summed E-state index contributed by atoms with van der Waals surface area (Å²) < 4.78 is 13.1. The molecule has 5 heteroatoms. The van der Waals surface area contributed by atoms with E-state index in [1.54, 1.807) is 0 Å². The molecule has 1 rings (SSSR count). The molecule has 0 aromatic rings. The molecule has 0 radical (unpaired) electrons. The third-order valence-corrected chi connectivity index (χ3v) is 17.3. The highest BCUT2D eigenvalue weighted by Gasteiger charge is 2.34. The molecule has 3 unspecified atom stereocenters. The van der Waals surface area contributed by atoms with Crippen LogP contribution in [0.1, 0.15) is 361 Å². The van der Waals surface area contributed by atoms with Crippen LogP contribution in [0.25, 0.3) is 0 Å². The molecule has 3 atom stereocenters. The average Bonchev–Trinajstić information content (AvgIpc) is 4.18. The molecule has 0 N–H and O–H groups in total. The second-order valence-corrected chi connectivity index (χ2v) is 26.2. The van der Waals surface area contributed by atoms with Gasteiger partial charge in [-0.05, 0) is 207 Å². The summed E-state index contributed by atoms with van der Waals surface area (Å²) in [6.45, 7) is 9.01. The number of hydrazone groups is 1. The van der Waals surface area contributed by atoms with Crippen molar-refractivity contribution >= 4 is 5.71 Å². The van der Waals surface area contributed by atoms with Crippen molar-refractivity contribution < 1.29 is 9.47 Å². The first-order chi connectivity index (χ1) is 42.5. The Morgan fingerprint density at radius 3 is 0.884 bits per heavy atom. The minimum atomic E-state index is -0.00502. The van der Waals surface area contributed by atoms with Crippen molar-refractivity contribution in [3.63, 3.8) is 0 Å². The zero-order chi connectivity index (χ0) is 61.8. The van der Waals surface area contributed by atoms with Crippen molar-refractivity contribution in [3.8, 4) is 0 Å². The van der Waals surface area contributed by atoms with Gasteiger partial charge in [-0.15, -0.1) is 0 Å². The Hall–Kier alpha value is -2.73. The Morgan fingerprint density at radius 1 is 0.291 bits per heavy atom. The van der Waals surface area contributed by atoms with E-state index in [0.717, 1.165) is 64.5 Å². The molecule has 1 aliphatic rings. The Kier molecular flexibility index (Phi) is 64.4. The van der Waals surface area contributed by atoms with Gasteiger partial charge in [-0.2, -0.15) is 5.10 Å². The van der Waals surface area contributed by atoms with Gasteiger partial charge in [-0.3, -0.25) is 0 Å². The van der Waals surface area contributed by atoms with Gasteiger partial charge < -0.3 is 19.4 Å². The SMILES string of the molecule is CCCCCC=CCC=CCCCCCCCCC(CCCCCCCCC=CCC=CCCCCC)=NN(C)CCCCCCC=CCC=CCCCCCCCC1OC(CCCN(C)C)OC1CCCCCCCC=CCC=CCCCCC. The molecule has 0 aromatic carbocycles. The van der Waals surface area contributed by atoms with E-state index >= 15 is 0 Å². The third-order valence-electron chi connectivity index (χ3n) is 17.3. The van der Waals surface area contributed by atoms with Crippen LogP contribution in [0.5, 0.6) is 0 Å². The maximum Gasteiger partial charge on any atom is 0.158 e. The van der Waals surface area contributed by atoms with Crippen LogP contribution in [0, 0.1) is 0 Å². The molecule has 0 aromatic heterocycles. The third kappa shape index (κ3) is 60.2. The summed E-state index contributed by atoms with van der Waals surface area (Å²) in [7, 11) is 6.55. The van der Waals surface area contributed by atoms with E-state index in [-0.39, 0.29) is 18.5 Å². The van der Waals surface area contributed by atoms with Gasteiger partial charge in [0.15, 0.2) is 6.29 Å². The van der Waals surface area contributed by atoms with E-state index in [4.69, 9.17) is 14.6 Å². The zero-order valence-corrected chi connectivity index (χ0v) is 58.5. The maximum atomic E-state index is 6.57. The van der Waals surface area contributed by atoms with Crippen LogP contribution in [0.4, 0.5) is 0 Å². The summed E-state index contributed by atoms with van der Waals surface area (Å²) in [5.74, 6) is 0. The maximum absolute atomic E-state index is 6.57. The Bertz CT molecular complexity index is 1600. The minimum Gasteiger partial charge on any atom is -0.347 e. The molecule has 1 heterocycles. The number of allylic oxidation sites excluding steroid dienone is 16. The van der Waals surface area contributed by atoms with Gasteiger partial charge in [0.25, 0.3) is 0 Å². The van der Waals surface area contributed by atoms with Gasteiger partial charge in [0.2, 0.25) is 0 Å². The molecule has 5 nitrogen and oxygen atoms in total. The van der Waals surface area contributed by atoms with Gasteiger partial charge in [-0.25, -0.2) is 0 Å². The number of ether oxygens (including phenoxy) is 2. The monoisotopic (exact) mass is 1190 g/mol. The van der Waals surface area contributed by atoms with Crippen LogP contribution in [-0.2, 0) is 9.47 Å². The van der Waals surface area contributed by atoms with E-state index in [1.807, 2.05) is 0 Å². The van der Waals surface area contributed by atoms with Crippen molar-refractivity contribution in [1.29, 1.82) is 0 Å². The highest BCUT2D eigenvalue weighted by molar-refractivity contribution is 5.84. The van der Waals surface area contributed by atoms with Crippen LogP contribution in [0.2, 0.25) is 0 Å². The topological polar surface area (TPSA) is 37.3 Å². The lowest BCUT2D eigenvalue weighted by Gasteiger charge is -2.16. The quantitative estimate of drug-likeness (QED) is 0.0263. The predicted molar refractivity (Wildman–Crippen MR) is 387 cm³/mol. The first kappa shape index (κ1) is 81.3. The molecular formula is C81H147N3O2. The number of hydrogen-bond acceptors (Lipinski definition) is 5. The van der Waals surface area contributed by atoms with Crippen molar-refractivity contribution in [2.24, 2.45) is 5.10 Å². The lowest BCUT2D eigenvalue weighted by molar-refractivity contribution is -0.0733. The lowest BCUT2D eigenvalue weighted by atomic mass is 9.99. The number of hydrogen-bond donors (Lipinski definition) is 0. The second kappa shape index (κ2) is 68.2. The fourth-order valence-corrected chi connectivity index (χ4v) is 11.7. The van der Waals surface area contributed by atoms with Crippen LogP contribution in [-0.4, -0.2) is 68.4 Å². The van der Waals surface area contributed by atoms with Crippen molar-refractivity contribution in [2.45, 2.75) is 380 Å². The Morgan fingerprint density at radius 2 is 0.570 bits per heavy atom. The van der Waals surface area contributed by atoms with Crippen molar-refractivity contribution in [3.05, 3.63) is 97.2 Å². The normalized spacial score (nSPS) is 16.0. The molecule has 1 aliphatic heterocycles. The molecule has 0 bridgehead atoms. The van der Waals surface area contributed by atoms with Crippen molar-refractivity contribution in [2.75, 3.05) is 34.2 Å². The smallest absolute Gasteiger partial charge is 0.158 e. The molecule has 0 saturated carbocycles. The van der Waals surface area contributed by atoms with E-state index in [9.17, 15) is 0 Å². The Labute approximate surface area is 538 Å². The summed E-state index contributed by atoms with van der Waals surface area (Å²) in [6, 6.07) is 0. The largest absolute Gasteiger partial charge is 0.347 e. The predicted octanol–water partition coefficient (Wildman–Crippen LogP) is 26.1. The highest BCUT2D eigenvalue weighted by Crippen LogP contribution is 2.30. The van der Waals surface area contributed by atoms with Gasteiger partial charge in [0.05, 0.1) is 12.2 Å². The fourth-order valence-electron chi connectivity index (χ4n) is 11.7. The molecular weight excluding hydrogens is 1050 g/mol. The first-order valence-electron chi connectivity index (χ1n) is 37.9. The van der Waals surface area contributed by atoms with Gasteiger partial charge in [-0.1, -0.05) is 272 Å². The summed E-state index contributed by atoms with van der Waals surface area (Å²) >= 11 is 0. The summed E-state index contributed by atoms with van der Waals surface area (Å²) in [5, 5.41) is 7.54. The van der Waals surface area contributed by atoms with Crippen LogP contribution in [0.15, 0.2) is 102 Å². The average molecular weight is 1200 g/mol. The van der Waals surface area contributed by atoms with E-state index in [2.05, 4.69) is 149 Å². The molecule has 0 aliphatic carbocycles. The minimum absolute atomic E-state index is 0.00502. The summed E-state index contributed by atoms with van der Waals surface area (Å²) in [6.07, 6.45) is 106. The second-order valence-electron chi connectivity index (χ2n) is 26.2. The van der Waals surface area contributed by atoms with Crippen molar-refractivity contribution in [1.82, 2.24) is 9.91 Å². The number of unbranched alkanes of at least 4 members (excludes halogenated alkanes) is 35. The molecule has 0 amide bonds. The molecule has 1 fully saturated rings. The summed E-state index contributed by atoms with van der Waals surface area (Å²) in [4.78, 5) is 2.27. The first-order valence-corrected chi connectivity index (χ1v) is 37.9. The zero-order valence-electron chi connectivity index (χ0n) is 58.5. The Balaban J connectivity index is 2.28. The summed E-state index contributed by atoms with van der Waals surface area (Å²) in [5.41, 5.74) is 1.46.